The van der Waals surface area contributed by atoms with Crippen LogP contribution in [0.3, 0.4) is 0 Å². The molecular formula is C22H29N3O. The second-order valence-corrected chi connectivity index (χ2v) is 7.38. The van der Waals surface area contributed by atoms with Crippen molar-refractivity contribution in [2.45, 2.75) is 53.0 Å². The molecule has 4 nitrogen and oxygen atoms in total. The topological polar surface area (TPSA) is 39.9 Å². The lowest BCUT2D eigenvalue weighted by Crippen LogP contribution is -2.13. The van der Waals surface area contributed by atoms with Crippen LogP contribution in [0.2, 0.25) is 0 Å². The Morgan fingerprint density at radius 1 is 1.15 bits per heavy atom. The molecule has 0 radical (unpaired) electrons. The molecule has 0 fully saturated rings. The standard InChI is InChI=1S/C22H29N3O/c1-7-18(13-26-6)25-12-16(5)22-20(25)10-15(4)21(24-22)17-8-9-19(14(2)3)23-11-17/h8-12,14,18H,7,13H2,1-6H3/t18-/m0/s1. The first kappa shape index (κ1) is 18.6. The third-order valence-electron chi connectivity index (χ3n) is 5.05. The molecule has 0 aliphatic heterocycles. The van der Waals surface area contributed by atoms with Gasteiger partial charge in [0.2, 0.25) is 0 Å². The monoisotopic (exact) mass is 351 g/mol. The van der Waals surface area contributed by atoms with E-state index in [4.69, 9.17) is 9.72 Å². The van der Waals surface area contributed by atoms with Crippen molar-refractivity contribution < 1.29 is 4.74 Å². The van der Waals surface area contributed by atoms with Gasteiger partial charge < -0.3 is 9.30 Å². The van der Waals surface area contributed by atoms with Crippen LogP contribution in [0, 0.1) is 13.8 Å². The van der Waals surface area contributed by atoms with Crippen molar-refractivity contribution in [3.8, 4) is 11.3 Å². The van der Waals surface area contributed by atoms with Crippen LogP contribution >= 0.6 is 0 Å². The van der Waals surface area contributed by atoms with Gasteiger partial charge in [-0.3, -0.25) is 4.98 Å². The summed E-state index contributed by atoms with van der Waals surface area (Å²) in [5, 5.41) is 0. The Morgan fingerprint density at radius 2 is 1.92 bits per heavy atom. The minimum Gasteiger partial charge on any atom is -0.383 e. The van der Waals surface area contributed by atoms with Crippen LogP contribution in [0.25, 0.3) is 22.3 Å². The number of pyridine rings is 2. The molecule has 0 aromatic carbocycles. The van der Waals surface area contributed by atoms with Crippen molar-refractivity contribution in [2.24, 2.45) is 0 Å². The molecule has 4 heteroatoms. The van der Waals surface area contributed by atoms with Crippen LogP contribution in [-0.4, -0.2) is 28.3 Å². The molecule has 1 atom stereocenters. The highest BCUT2D eigenvalue weighted by Gasteiger charge is 2.17. The Hall–Kier alpha value is -2.20. The van der Waals surface area contributed by atoms with Crippen LogP contribution < -0.4 is 0 Å². The quantitative estimate of drug-likeness (QED) is 0.594. The molecule has 0 saturated heterocycles. The molecule has 0 spiro atoms. The predicted octanol–water partition coefficient (Wildman–Crippen LogP) is 5.44. The molecule has 0 aliphatic carbocycles. The predicted molar refractivity (Wildman–Crippen MR) is 108 cm³/mol. The van der Waals surface area contributed by atoms with Gasteiger partial charge in [0.25, 0.3) is 0 Å². The molecule has 26 heavy (non-hydrogen) atoms. The first-order valence-electron chi connectivity index (χ1n) is 9.40. The van der Waals surface area contributed by atoms with E-state index in [2.05, 4.69) is 68.6 Å². The van der Waals surface area contributed by atoms with Gasteiger partial charge >= 0.3 is 0 Å². The lowest BCUT2D eigenvalue weighted by molar-refractivity contribution is 0.155. The summed E-state index contributed by atoms with van der Waals surface area (Å²) in [7, 11) is 1.76. The SMILES string of the molecule is CC[C@@H](COC)n1cc(C)c2nc(-c3ccc(C(C)C)nc3)c(C)cc21. The third kappa shape index (κ3) is 3.38. The van der Waals surface area contributed by atoms with E-state index in [-0.39, 0.29) is 0 Å². The highest BCUT2D eigenvalue weighted by atomic mass is 16.5. The summed E-state index contributed by atoms with van der Waals surface area (Å²) in [6.45, 7) is 11.5. The number of methoxy groups -OCH3 is 1. The minimum absolute atomic E-state index is 0.329. The molecule has 0 bridgehead atoms. The molecule has 0 unspecified atom stereocenters. The molecule has 0 aliphatic rings. The number of fused-ring (bicyclic) bond motifs is 1. The summed E-state index contributed by atoms with van der Waals surface area (Å²) in [5.74, 6) is 0.434. The fourth-order valence-electron chi connectivity index (χ4n) is 3.49. The molecule has 3 rings (SSSR count). The van der Waals surface area contributed by atoms with Crippen LogP contribution in [0.4, 0.5) is 0 Å². The lowest BCUT2D eigenvalue weighted by atomic mass is 10.0. The van der Waals surface area contributed by atoms with E-state index >= 15 is 0 Å². The minimum atomic E-state index is 0.329. The van der Waals surface area contributed by atoms with Gasteiger partial charge in [0, 0.05) is 30.8 Å². The number of ether oxygens (including phenoxy) is 1. The number of aromatic nitrogens is 3. The second-order valence-electron chi connectivity index (χ2n) is 7.38. The van der Waals surface area contributed by atoms with Crippen molar-refractivity contribution in [1.82, 2.24) is 14.5 Å². The Balaban J connectivity index is 2.09. The van der Waals surface area contributed by atoms with E-state index in [1.54, 1.807) is 7.11 Å². The number of rotatable bonds is 6. The van der Waals surface area contributed by atoms with Gasteiger partial charge in [0.15, 0.2) is 0 Å². The maximum absolute atomic E-state index is 5.41. The fourth-order valence-corrected chi connectivity index (χ4v) is 3.49. The van der Waals surface area contributed by atoms with Gasteiger partial charge in [0.1, 0.15) is 0 Å². The lowest BCUT2D eigenvalue weighted by Gasteiger charge is -2.18. The van der Waals surface area contributed by atoms with E-state index < -0.39 is 0 Å². The Bertz CT molecular complexity index is 894. The smallest absolute Gasteiger partial charge is 0.0917 e. The van der Waals surface area contributed by atoms with E-state index in [0.29, 0.717) is 18.6 Å². The van der Waals surface area contributed by atoms with Crippen molar-refractivity contribution in [3.63, 3.8) is 0 Å². The van der Waals surface area contributed by atoms with Crippen LogP contribution in [0.5, 0.6) is 0 Å². The van der Waals surface area contributed by atoms with Crippen LogP contribution in [0.15, 0.2) is 30.6 Å². The van der Waals surface area contributed by atoms with Gasteiger partial charge in [-0.25, -0.2) is 4.98 Å². The molecule has 138 valence electrons. The molecule has 3 aromatic rings. The van der Waals surface area contributed by atoms with E-state index in [0.717, 1.165) is 28.9 Å². The summed E-state index contributed by atoms with van der Waals surface area (Å²) in [6.07, 6.45) is 5.18. The van der Waals surface area contributed by atoms with Crippen molar-refractivity contribution >= 4 is 11.0 Å². The third-order valence-corrected chi connectivity index (χ3v) is 5.05. The summed E-state index contributed by atoms with van der Waals surface area (Å²) in [4.78, 5) is 9.62. The Kier molecular flexibility index (Phi) is 5.42. The normalized spacial score (nSPS) is 12.9. The fraction of sp³-hybridized carbons (Fsp3) is 0.455. The zero-order valence-electron chi connectivity index (χ0n) is 16.7. The molecule has 0 N–H and O–H groups in total. The molecule has 3 heterocycles. The zero-order valence-corrected chi connectivity index (χ0v) is 16.7. The van der Waals surface area contributed by atoms with Crippen LogP contribution in [0.1, 0.15) is 56.0 Å². The van der Waals surface area contributed by atoms with Crippen molar-refractivity contribution in [1.29, 1.82) is 0 Å². The molecule has 0 saturated carbocycles. The largest absolute Gasteiger partial charge is 0.383 e. The number of hydrogen-bond acceptors (Lipinski definition) is 3. The first-order valence-corrected chi connectivity index (χ1v) is 9.40. The van der Waals surface area contributed by atoms with E-state index in [9.17, 15) is 0 Å². The molecule has 3 aromatic heterocycles. The Morgan fingerprint density at radius 3 is 2.50 bits per heavy atom. The summed E-state index contributed by atoms with van der Waals surface area (Å²) >= 11 is 0. The number of nitrogens with zero attached hydrogens (tertiary/aromatic N) is 3. The van der Waals surface area contributed by atoms with Crippen LogP contribution in [-0.2, 0) is 4.74 Å². The zero-order chi connectivity index (χ0) is 18.8. The molecular weight excluding hydrogens is 322 g/mol. The van der Waals surface area contributed by atoms with Crippen molar-refractivity contribution in [3.05, 3.63) is 47.4 Å². The maximum Gasteiger partial charge on any atom is 0.0917 e. The van der Waals surface area contributed by atoms with Gasteiger partial charge in [-0.05, 0) is 55.5 Å². The van der Waals surface area contributed by atoms with Gasteiger partial charge in [-0.15, -0.1) is 0 Å². The van der Waals surface area contributed by atoms with Gasteiger partial charge in [0.05, 0.1) is 29.4 Å². The highest BCUT2D eigenvalue weighted by molar-refractivity contribution is 5.84. The van der Waals surface area contributed by atoms with E-state index in [1.165, 1.54) is 16.6 Å². The summed E-state index contributed by atoms with van der Waals surface area (Å²) in [6, 6.07) is 6.82. The van der Waals surface area contributed by atoms with Gasteiger partial charge in [-0.2, -0.15) is 0 Å². The number of aryl methyl sites for hydroxylation is 2. The van der Waals surface area contributed by atoms with E-state index in [1.807, 2.05) is 6.20 Å². The highest BCUT2D eigenvalue weighted by Crippen LogP contribution is 2.30. The average molecular weight is 351 g/mol. The second kappa shape index (κ2) is 7.58. The van der Waals surface area contributed by atoms with Crippen molar-refractivity contribution in [2.75, 3.05) is 13.7 Å². The Labute approximate surface area is 156 Å². The average Bonchev–Trinajstić information content (AvgIpc) is 2.94. The van der Waals surface area contributed by atoms with Gasteiger partial charge in [-0.1, -0.05) is 20.8 Å². The summed E-state index contributed by atoms with van der Waals surface area (Å²) < 4.78 is 7.73. The maximum atomic E-state index is 5.41. The summed E-state index contributed by atoms with van der Waals surface area (Å²) in [5.41, 5.74) is 7.81. The number of hydrogen-bond donors (Lipinski definition) is 0. The molecule has 0 amide bonds. The first-order chi connectivity index (χ1) is 12.5.